The van der Waals surface area contributed by atoms with Crippen molar-refractivity contribution in [2.24, 2.45) is 50.8 Å². The highest BCUT2D eigenvalue weighted by molar-refractivity contribution is 5.25. The zero-order chi connectivity index (χ0) is 29.6. The topological polar surface area (TPSA) is 118 Å². The Hall–Kier alpha value is -1.22. The van der Waals surface area contributed by atoms with E-state index >= 15 is 0 Å². The van der Waals surface area contributed by atoms with Crippen LogP contribution in [0.2, 0.25) is 0 Å². The van der Waals surface area contributed by atoms with Crippen LogP contribution in [-0.4, -0.2) is 53.0 Å². The molecule has 4 unspecified atom stereocenters. The fourth-order valence-corrected chi connectivity index (χ4v) is 10.1. The average molecular weight is 575 g/mol. The zero-order valence-electron chi connectivity index (χ0n) is 26.0. The molecule has 0 aromatic rings. The number of nitroso groups, excluding NO2 is 2. The van der Waals surface area contributed by atoms with Crippen LogP contribution in [-0.2, 0) is 9.47 Å². The summed E-state index contributed by atoms with van der Waals surface area (Å²) in [5.74, 6) is 3.06. The fraction of sp³-hybridized carbons (Fsp3) is 0.939. The van der Waals surface area contributed by atoms with Crippen LogP contribution in [0.3, 0.4) is 0 Å². The van der Waals surface area contributed by atoms with E-state index in [0.717, 1.165) is 49.9 Å². The molecule has 0 bridgehead atoms. The highest BCUT2D eigenvalue weighted by atomic mass is 16.7. The molecule has 232 valence electrons. The minimum atomic E-state index is -1.12. The van der Waals surface area contributed by atoms with Crippen molar-refractivity contribution in [1.82, 2.24) is 0 Å². The molecule has 5 aliphatic rings. The van der Waals surface area contributed by atoms with Crippen molar-refractivity contribution in [3.8, 4) is 0 Å². The third-order valence-electron chi connectivity index (χ3n) is 12.7. The summed E-state index contributed by atoms with van der Waals surface area (Å²) < 4.78 is 12.2. The third-order valence-corrected chi connectivity index (χ3v) is 12.7. The van der Waals surface area contributed by atoms with Crippen LogP contribution >= 0.6 is 0 Å². The molecule has 0 aromatic heterocycles. The van der Waals surface area contributed by atoms with Crippen LogP contribution in [0, 0.1) is 50.2 Å². The maximum Gasteiger partial charge on any atom is 0.186 e. The first kappa shape index (κ1) is 31.2. The molecule has 1 heterocycles. The van der Waals surface area contributed by atoms with Gasteiger partial charge in [-0.2, -0.15) is 9.81 Å². The first-order valence-corrected chi connectivity index (χ1v) is 16.4. The Kier molecular flexibility index (Phi) is 9.17. The van der Waals surface area contributed by atoms with E-state index in [1.54, 1.807) is 0 Å². The summed E-state index contributed by atoms with van der Waals surface area (Å²) >= 11 is 0. The van der Waals surface area contributed by atoms with E-state index in [4.69, 9.17) is 9.47 Å². The standard InChI is InChI=1S/C33H54N2O6/c1-20-23-10-12-26-25-11-9-21(8-6-7-15-31(2,3)35-39)32(25,4)16-17-33(26,5)24(23)13-14-28(20)41-30-29(37)27(36)18-22(40-30)19-34-38/h10,20-22,24-30,36-37H,6-9,11-19H2,1-5H3/t20-,21?,22+,24?,25?,26?,27+,28+,29-,30+,32-,33+/m1/s1. The van der Waals surface area contributed by atoms with Crippen LogP contribution in [0.4, 0.5) is 0 Å². The first-order chi connectivity index (χ1) is 19.4. The minimum absolute atomic E-state index is 0.0480. The molecule has 0 spiro atoms. The highest BCUT2D eigenvalue weighted by Gasteiger charge is 2.60. The summed E-state index contributed by atoms with van der Waals surface area (Å²) in [6.45, 7) is 11.3. The smallest absolute Gasteiger partial charge is 0.186 e. The molecule has 8 nitrogen and oxygen atoms in total. The largest absolute Gasteiger partial charge is 0.390 e. The minimum Gasteiger partial charge on any atom is -0.390 e. The summed E-state index contributed by atoms with van der Waals surface area (Å²) in [6, 6.07) is 0. The molecule has 1 aliphatic heterocycles. The zero-order valence-corrected chi connectivity index (χ0v) is 26.0. The van der Waals surface area contributed by atoms with Gasteiger partial charge in [0.1, 0.15) is 12.6 Å². The monoisotopic (exact) mass is 574 g/mol. The predicted molar refractivity (Wildman–Crippen MR) is 159 cm³/mol. The summed E-state index contributed by atoms with van der Waals surface area (Å²) in [4.78, 5) is 21.9. The number of allylic oxidation sites excluding steroid dienone is 1. The second-order valence-corrected chi connectivity index (χ2v) is 15.4. The molecule has 41 heavy (non-hydrogen) atoms. The Morgan fingerprint density at radius 2 is 1.80 bits per heavy atom. The van der Waals surface area contributed by atoms with E-state index in [0.29, 0.717) is 16.7 Å². The molecular formula is C33H54N2O6. The molecule has 4 fully saturated rings. The predicted octanol–water partition coefficient (Wildman–Crippen LogP) is 6.91. The van der Waals surface area contributed by atoms with Crippen molar-refractivity contribution in [2.75, 3.05) is 6.54 Å². The van der Waals surface area contributed by atoms with E-state index in [2.05, 4.69) is 37.2 Å². The Labute approximate surface area is 246 Å². The lowest BCUT2D eigenvalue weighted by atomic mass is 9.45. The Bertz CT molecular complexity index is 987. The second-order valence-electron chi connectivity index (χ2n) is 15.4. The molecule has 4 aliphatic carbocycles. The van der Waals surface area contributed by atoms with Gasteiger partial charge in [0.25, 0.3) is 0 Å². The number of ether oxygens (including phenoxy) is 2. The van der Waals surface area contributed by atoms with Crippen molar-refractivity contribution >= 4 is 0 Å². The molecule has 0 amide bonds. The van der Waals surface area contributed by atoms with Crippen LogP contribution in [0.25, 0.3) is 0 Å². The van der Waals surface area contributed by atoms with Gasteiger partial charge in [0.15, 0.2) is 6.29 Å². The number of nitrogens with zero attached hydrogens (tertiary/aromatic N) is 2. The van der Waals surface area contributed by atoms with E-state index in [1.165, 1.54) is 44.1 Å². The van der Waals surface area contributed by atoms with Gasteiger partial charge < -0.3 is 19.7 Å². The van der Waals surface area contributed by atoms with Gasteiger partial charge in [-0.05, 0) is 106 Å². The molecule has 0 aromatic carbocycles. The maximum atomic E-state index is 11.1. The van der Waals surface area contributed by atoms with Gasteiger partial charge in [-0.1, -0.05) is 55.6 Å². The average Bonchev–Trinajstić information content (AvgIpc) is 3.27. The summed E-state index contributed by atoms with van der Waals surface area (Å²) in [7, 11) is 0. The van der Waals surface area contributed by atoms with Crippen LogP contribution < -0.4 is 0 Å². The number of unbranched alkanes of at least 4 members (excludes halogenated alkanes) is 1. The van der Waals surface area contributed by atoms with Crippen LogP contribution in [0.15, 0.2) is 22.0 Å². The van der Waals surface area contributed by atoms with E-state index in [9.17, 15) is 20.0 Å². The molecule has 0 radical (unpaired) electrons. The summed E-state index contributed by atoms with van der Waals surface area (Å²) in [6.07, 6.45) is 11.9. The normalized spacial score (nSPS) is 46.2. The van der Waals surface area contributed by atoms with E-state index in [1.807, 2.05) is 13.8 Å². The fourth-order valence-electron chi connectivity index (χ4n) is 10.1. The molecule has 12 atom stereocenters. The molecular weight excluding hydrogens is 520 g/mol. The summed E-state index contributed by atoms with van der Waals surface area (Å²) in [5, 5.41) is 27.1. The van der Waals surface area contributed by atoms with Crippen LogP contribution in [0.5, 0.6) is 0 Å². The van der Waals surface area contributed by atoms with Gasteiger partial charge in [0, 0.05) is 12.3 Å². The second kappa shape index (κ2) is 12.0. The van der Waals surface area contributed by atoms with Crippen molar-refractivity contribution < 1.29 is 19.7 Å². The van der Waals surface area contributed by atoms with Gasteiger partial charge in [0.2, 0.25) is 0 Å². The maximum absolute atomic E-state index is 11.1. The Morgan fingerprint density at radius 1 is 1.05 bits per heavy atom. The molecule has 5 rings (SSSR count). The number of aliphatic hydroxyl groups is 2. The van der Waals surface area contributed by atoms with E-state index in [-0.39, 0.29) is 25.0 Å². The van der Waals surface area contributed by atoms with Crippen molar-refractivity contribution in [1.29, 1.82) is 0 Å². The Morgan fingerprint density at radius 3 is 2.54 bits per heavy atom. The van der Waals surface area contributed by atoms with Gasteiger partial charge in [0.05, 0.1) is 23.9 Å². The van der Waals surface area contributed by atoms with Crippen molar-refractivity contribution in [3.05, 3.63) is 21.5 Å². The number of hydrogen-bond acceptors (Lipinski definition) is 8. The SMILES string of the molecule is C[C@@H]1C2=CCC3C4CCC(CCCCC(C)(C)N=O)[C@@]4(C)CC[C@@]3(C)C2CC[C@@H]1O[C@@H]1O[C@H](CN=O)C[C@H](O)[C@H]1O. The molecule has 1 saturated heterocycles. The lowest BCUT2D eigenvalue weighted by Crippen LogP contribution is -2.55. The number of aliphatic hydroxyl groups excluding tert-OH is 2. The molecule has 3 saturated carbocycles. The van der Waals surface area contributed by atoms with Crippen LogP contribution in [0.1, 0.15) is 112 Å². The number of hydrogen-bond donors (Lipinski definition) is 2. The highest BCUT2D eigenvalue weighted by Crippen LogP contribution is 2.68. The molecule has 8 heteroatoms. The first-order valence-electron chi connectivity index (χ1n) is 16.4. The van der Waals surface area contributed by atoms with E-state index < -0.39 is 30.1 Å². The van der Waals surface area contributed by atoms with Crippen molar-refractivity contribution in [3.63, 3.8) is 0 Å². The van der Waals surface area contributed by atoms with Crippen molar-refractivity contribution in [2.45, 2.75) is 148 Å². The van der Waals surface area contributed by atoms with Gasteiger partial charge >= 0.3 is 0 Å². The lowest BCUT2D eigenvalue weighted by molar-refractivity contribution is -0.285. The van der Waals surface area contributed by atoms with Gasteiger partial charge in [-0.15, -0.1) is 0 Å². The Balaban J connectivity index is 1.23. The lowest BCUT2D eigenvalue weighted by Gasteiger charge is -2.60. The summed E-state index contributed by atoms with van der Waals surface area (Å²) in [5.41, 5.74) is 1.80. The number of rotatable bonds is 10. The molecule has 2 N–H and O–H groups in total. The quantitative estimate of drug-likeness (QED) is 0.166. The third kappa shape index (κ3) is 5.84. The van der Waals surface area contributed by atoms with Gasteiger partial charge in [-0.3, -0.25) is 0 Å². The van der Waals surface area contributed by atoms with Gasteiger partial charge in [-0.25, -0.2) is 0 Å². The number of fused-ring (bicyclic) bond motifs is 5.